The number of pyridine rings is 1. The zero-order chi connectivity index (χ0) is 10.6. The van der Waals surface area contributed by atoms with E-state index in [-0.39, 0.29) is 5.56 Å². The summed E-state index contributed by atoms with van der Waals surface area (Å²) >= 11 is 5.65. The van der Waals surface area contributed by atoms with Gasteiger partial charge in [0, 0.05) is 6.20 Å². The molecule has 0 radical (unpaired) electrons. The third-order valence-corrected chi connectivity index (χ3v) is 1.90. The number of rotatable bonds is 2. The van der Waals surface area contributed by atoms with Crippen molar-refractivity contribution >= 4 is 17.6 Å². The average Bonchev–Trinajstić information content (AvgIpc) is 2.17. The molecule has 0 spiro atoms. The highest BCUT2D eigenvalue weighted by molar-refractivity contribution is 6.29. The molecule has 5 heteroatoms. The first kappa shape index (κ1) is 10.5. The number of esters is 1. The molecular formula is C9H7ClN2O2. The molecule has 0 unspecified atom stereocenters. The molecule has 1 rings (SSSR count). The zero-order valence-electron chi connectivity index (χ0n) is 7.45. The summed E-state index contributed by atoms with van der Waals surface area (Å²) in [6.45, 7) is 1.87. The third-order valence-electron chi connectivity index (χ3n) is 1.70. The summed E-state index contributed by atoms with van der Waals surface area (Å²) in [5.41, 5.74) is 0.990. The number of aromatic nitrogens is 1. The van der Waals surface area contributed by atoms with Gasteiger partial charge < -0.3 is 4.74 Å². The molecule has 0 bridgehead atoms. The van der Waals surface area contributed by atoms with Crippen molar-refractivity contribution in [3.05, 3.63) is 28.5 Å². The van der Waals surface area contributed by atoms with Crippen molar-refractivity contribution < 1.29 is 9.53 Å². The Bertz CT molecular complexity index is 398. The Morgan fingerprint density at radius 3 is 3.07 bits per heavy atom. The molecule has 0 aliphatic rings. The van der Waals surface area contributed by atoms with Crippen LogP contribution in [0.15, 0.2) is 12.3 Å². The monoisotopic (exact) mass is 210 g/mol. The van der Waals surface area contributed by atoms with Crippen LogP contribution >= 0.6 is 11.6 Å². The summed E-state index contributed by atoms with van der Waals surface area (Å²) < 4.78 is 4.19. The number of nitrogens with zero attached hydrogens (tertiary/aromatic N) is 2. The quantitative estimate of drug-likeness (QED) is 0.425. The van der Waals surface area contributed by atoms with Crippen LogP contribution in [0.5, 0.6) is 0 Å². The standard InChI is InChI=1S/C9H7ClN2O2/c1-2-6-3-8(10)12-4-7(6)9(13)14-5-11/h3-4H,2H2,1H3. The molecule has 0 atom stereocenters. The van der Waals surface area contributed by atoms with E-state index >= 15 is 0 Å². The van der Waals surface area contributed by atoms with Gasteiger partial charge in [0.2, 0.25) is 0 Å². The van der Waals surface area contributed by atoms with Gasteiger partial charge in [-0.25, -0.2) is 9.78 Å². The maximum absolute atomic E-state index is 11.2. The molecule has 72 valence electrons. The second-order valence-corrected chi connectivity index (χ2v) is 2.89. The fourth-order valence-corrected chi connectivity index (χ4v) is 1.22. The summed E-state index contributed by atoms with van der Waals surface area (Å²) in [5, 5.41) is 8.49. The summed E-state index contributed by atoms with van der Waals surface area (Å²) in [6, 6.07) is 1.58. The number of hydrogen-bond donors (Lipinski definition) is 0. The lowest BCUT2D eigenvalue weighted by Crippen LogP contribution is -2.05. The summed E-state index contributed by atoms with van der Waals surface area (Å²) in [6.07, 6.45) is 3.25. The fraction of sp³-hybridized carbons (Fsp3) is 0.222. The van der Waals surface area contributed by atoms with Crippen molar-refractivity contribution in [2.75, 3.05) is 0 Å². The summed E-state index contributed by atoms with van der Waals surface area (Å²) in [5.74, 6) is -0.700. The molecule has 0 fully saturated rings. The molecule has 0 saturated carbocycles. The van der Waals surface area contributed by atoms with E-state index in [1.54, 1.807) is 6.07 Å². The topological polar surface area (TPSA) is 63.0 Å². The summed E-state index contributed by atoms with van der Waals surface area (Å²) in [7, 11) is 0. The van der Waals surface area contributed by atoms with Crippen molar-refractivity contribution in [2.45, 2.75) is 13.3 Å². The highest BCUT2D eigenvalue weighted by atomic mass is 35.5. The molecule has 0 aliphatic carbocycles. The highest BCUT2D eigenvalue weighted by Crippen LogP contribution is 2.14. The molecule has 4 nitrogen and oxygen atoms in total. The van der Waals surface area contributed by atoms with Gasteiger partial charge in [-0.3, -0.25) is 0 Å². The number of hydrogen-bond acceptors (Lipinski definition) is 4. The lowest BCUT2D eigenvalue weighted by atomic mass is 10.1. The van der Waals surface area contributed by atoms with E-state index in [0.29, 0.717) is 17.1 Å². The van der Waals surface area contributed by atoms with Crippen LogP contribution in [0, 0.1) is 11.5 Å². The molecule has 14 heavy (non-hydrogen) atoms. The second-order valence-electron chi connectivity index (χ2n) is 2.50. The summed E-state index contributed by atoms with van der Waals surface area (Å²) in [4.78, 5) is 15.0. The van der Waals surface area contributed by atoms with E-state index in [4.69, 9.17) is 16.9 Å². The molecule has 1 heterocycles. The van der Waals surface area contributed by atoms with Gasteiger partial charge in [-0.2, -0.15) is 0 Å². The van der Waals surface area contributed by atoms with E-state index in [1.807, 2.05) is 6.92 Å². The Balaban J connectivity index is 3.09. The van der Waals surface area contributed by atoms with E-state index in [0.717, 1.165) is 0 Å². The first-order valence-electron chi connectivity index (χ1n) is 3.93. The highest BCUT2D eigenvalue weighted by Gasteiger charge is 2.12. The van der Waals surface area contributed by atoms with Crippen LogP contribution in [0.4, 0.5) is 0 Å². The van der Waals surface area contributed by atoms with Crippen molar-refractivity contribution in [1.29, 1.82) is 5.26 Å². The number of aryl methyl sites for hydroxylation is 1. The Morgan fingerprint density at radius 1 is 1.79 bits per heavy atom. The molecule has 0 aliphatic heterocycles. The van der Waals surface area contributed by atoms with E-state index in [1.165, 1.54) is 12.5 Å². The van der Waals surface area contributed by atoms with Gasteiger partial charge in [0.15, 0.2) is 0 Å². The maximum Gasteiger partial charge on any atom is 0.355 e. The van der Waals surface area contributed by atoms with E-state index < -0.39 is 5.97 Å². The Kier molecular flexibility index (Phi) is 3.43. The SMILES string of the molecule is CCc1cc(Cl)ncc1C(=O)OC#N. The van der Waals surface area contributed by atoms with Crippen LogP contribution < -0.4 is 0 Å². The largest absolute Gasteiger partial charge is 0.355 e. The third kappa shape index (κ3) is 2.21. The molecule has 0 saturated heterocycles. The van der Waals surface area contributed by atoms with Crippen molar-refractivity contribution in [1.82, 2.24) is 4.98 Å². The minimum Gasteiger partial charge on any atom is -0.347 e. The van der Waals surface area contributed by atoms with Crippen molar-refractivity contribution in [3.63, 3.8) is 0 Å². The van der Waals surface area contributed by atoms with Crippen LogP contribution in [-0.2, 0) is 11.2 Å². The van der Waals surface area contributed by atoms with E-state index in [9.17, 15) is 4.79 Å². The second kappa shape index (κ2) is 4.58. The Labute approximate surface area is 86.1 Å². The van der Waals surface area contributed by atoms with Gasteiger partial charge in [0.1, 0.15) is 5.15 Å². The molecule has 1 aromatic heterocycles. The number of nitriles is 1. The molecule has 0 N–H and O–H groups in total. The zero-order valence-corrected chi connectivity index (χ0v) is 8.21. The average molecular weight is 211 g/mol. The molecule has 0 amide bonds. The lowest BCUT2D eigenvalue weighted by Gasteiger charge is -2.03. The predicted octanol–water partition coefficient (Wildman–Crippen LogP) is 1.94. The van der Waals surface area contributed by atoms with Gasteiger partial charge in [-0.15, -0.1) is 5.26 Å². The van der Waals surface area contributed by atoms with Crippen LogP contribution in [0.3, 0.4) is 0 Å². The molecular weight excluding hydrogens is 204 g/mol. The van der Waals surface area contributed by atoms with Gasteiger partial charge in [-0.05, 0) is 18.1 Å². The first-order chi connectivity index (χ1) is 6.69. The van der Waals surface area contributed by atoms with Crippen molar-refractivity contribution in [3.8, 4) is 6.26 Å². The van der Waals surface area contributed by atoms with Gasteiger partial charge in [0.05, 0.1) is 5.56 Å². The Morgan fingerprint density at radius 2 is 2.50 bits per heavy atom. The van der Waals surface area contributed by atoms with Gasteiger partial charge in [-0.1, -0.05) is 18.5 Å². The first-order valence-corrected chi connectivity index (χ1v) is 4.31. The minimum absolute atomic E-state index is 0.276. The van der Waals surface area contributed by atoms with Gasteiger partial charge >= 0.3 is 5.97 Å². The predicted molar refractivity (Wildman–Crippen MR) is 49.7 cm³/mol. The number of carbonyl (C=O) groups excluding carboxylic acids is 1. The van der Waals surface area contributed by atoms with Crippen LogP contribution in [0.1, 0.15) is 22.8 Å². The van der Waals surface area contributed by atoms with Crippen LogP contribution in [0.25, 0.3) is 0 Å². The van der Waals surface area contributed by atoms with Crippen molar-refractivity contribution in [2.24, 2.45) is 0 Å². The van der Waals surface area contributed by atoms with Gasteiger partial charge in [0.25, 0.3) is 6.26 Å². The normalized spacial score (nSPS) is 9.21. The smallest absolute Gasteiger partial charge is 0.347 e. The minimum atomic E-state index is -0.700. The maximum atomic E-state index is 11.2. The number of carbonyl (C=O) groups is 1. The Hall–Kier alpha value is -1.60. The number of halogens is 1. The molecule has 0 aromatic carbocycles. The van der Waals surface area contributed by atoms with Crippen LogP contribution in [-0.4, -0.2) is 11.0 Å². The van der Waals surface area contributed by atoms with Crippen LogP contribution in [0.2, 0.25) is 5.15 Å². The molecule has 1 aromatic rings. The fourth-order valence-electron chi connectivity index (χ4n) is 1.04. The van der Waals surface area contributed by atoms with E-state index in [2.05, 4.69) is 9.72 Å². The lowest BCUT2D eigenvalue weighted by molar-refractivity contribution is 0.0683. The number of ether oxygens (including phenoxy) is 1.